The van der Waals surface area contributed by atoms with E-state index in [-0.39, 0.29) is 0 Å². The number of aryl methyl sites for hydroxylation is 1. The van der Waals surface area contributed by atoms with Crippen molar-refractivity contribution >= 4 is 5.57 Å². The summed E-state index contributed by atoms with van der Waals surface area (Å²) in [7, 11) is 0. The largest absolute Gasteiger partial charge is 0.198 e. The van der Waals surface area contributed by atoms with Crippen LogP contribution in [0.3, 0.4) is 0 Å². The van der Waals surface area contributed by atoms with Gasteiger partial charge in [-0.15, -0.1) is 0 Å². The zero-order valence-corrected chi connectivity index (χ0v) is 8.87. The molecule has 0 bridgehead atoms. The maximum Gasteiger partial charge on any atom is 0.0625 e. The predicted octanol–water partition coefficient (Wildman–Crippen LogP) is 3.71. The Morgan fingerprint density at radius 1 is 1.27 bits per heavy atom. The molecule has 0 unspecified atom stereocenters. The van der Waals surface area contributed by atoms with E-state index in [1.54, 1.807) is 0 Å². The number of benzene rings is 1. The second kappa shape index (κ2) is 4.79. The average molecular weight is 197 g/mol. The average Bonchev–Trinajstić information content (AvgIpc) is 2.30. The minimum Gasteiger partial charge on any atom is -0.198 e. The van der Waals surface area contributed by atoms with Gasteiger partial charge in [-0.05, 0) is 42.4 Å². The zero-order chi connectivity index (χ0) is 10.5. The van der Waals surface area contributed by atoms with E-state index in [9.17, 15) is 0 Å². The Kier molecular flexibility index (Phi) is 3.19. The smallest absolute Gasteiger partial charge is 0.0625 e. The van der Waals surface area contributed by atoms with Crippen LogP contribution in [0.15, 0.2) is 30.3 Å². The van der Waals surface area contributed by atoms with Crippen LogP contribution in [0.25, 0.3) is 5.57 Å². The highest BCUT2D eigenvalue weighted by molar-refractivity contribution is 5.69. The minimum absolute atomic E-state index is 0.631. The summed E-state index contributed by atoms with van der Waals surface area (Å²) < 4.78 is 0. The van der Waals surface area contributed by atoms with E-state index in [4.69, 9.17) is 5.26 Å². The summed E-state index contributed by atoms with van der Waals surface area (Å²) in [6.07, 6.45) is 7.37. The molecule has 2 rings (SSSR count). The van der Waals surface area contributed by atoms with Gasteiger partial charge in [0.1, 0.15) is 0 Å². The van der Waals surface area contributed by atoms with Crippen molar-refractivity contribution in [2.24, 2.45) is 0 Å². The summed E-state index contributed by atoms with van der Waals surface area (Å²) in [6.45, 7) is 0. The fourth-order valence-electron chi connectivity index (χ4n) is 2.18. The normalized spacial score (nSPS) is 17.1. The van der Waals surface area contributed by atoms with Crippen molar-refractivity contribution in [1.29, 1.82) is 5.26 Å². The number of hydrogen-bond acceptors (Lipinski definition) is 1. The van der Waals surface area contributed by atoms with Gasteiger partial charge < -0.3 is 0 Å². The van der Waals surface area contributed by atoms with E-state index in [0.29, 0.717) is 6.42 Å². The van der Waals surface area contributed by atoms with Crippen molar-refractivity contribution < 1.29 is 0 Å². The number of fused-ring (bicyclic) bond motifs is 1. The highest BCUT2D eigenvalue weighted by atomic mass is 14.2. The van der Waals surface area contributed by atoms with Crippen LogP contribution >= 0.6 is 0 Å². The van der Waals surface area contributed by atoms with E-state index in [1.807, 2.05) is 0 Å². The van der Waals surface area contributed by atoms with Gasteiger partial charge in [-0.3, -0.25) is 0 Å². The molecule has 15 heavy (non-hydrogen) atoms. The number of rotatable bonds is 2. The summed E-state index contributed by atoms with van der Waals surface area (Å²) >= 11 is 0. The van der Waals surface area contributed by atoms with E-state index < -0.39 is 0 Å². The van der Waals surface area contributed by atoms with Crippen molar-refractivity contribution in [2.45, 2.75) is 32.1 Å². The van der Waals surface area contributed by atoms with Crippen LogP contribution in [0, 0.1) is 11.3 Å². The van der Waals surface area contributed by atoms with Crippen LogP contribution in [-0.4, -0.2) is 0 Å². The molecular formula is C14H15N. The molecule has 1 aliphatic carbocycles. The second-order valence-corrected chi connectivity index (χ2v) is 3.94. The Bertz CT molecular complexity index is 410. The number of unbranched alkanes of at least 4 members (excludes halogenated alkanes) is 1. The van der Waals surface area contributed by atoms with Crippen molar-refractivity contribution in [1.82, 2.24) is 0 Å². The number of nitrogens with zero attached hydrogens (tertiary/aromatic N) is 1. The molecule has 0 N–H and O–H groups in total. The Morgan fingerprint density at radius 3 is 3.00 bits per heavy atom. The van der Waals surface area contributed by atoms with E-state index in [0.717, 1.165) is 6.42 Å². The Hall–Kier alpha value is -1.55. The maximum atomic E-state index is 8.51. The first-order chi connectivity index (χ1) is 7.42. The van der Waals surface area contributed by atoms with E-state index >= 15 is 0 Å². The van der Waals surface area contributed by atoms with Gasteiger partial charge in [0, 0.05) is 6.42 Å². The molecule has 0 amide bonds. The van der Waals surface area contributed by atoms with Crippen molar-refractivity contribution in [3.05, 3.63) is 41.5 Å². The van der Waals surface area contributed by atoms with Crippen LogP contribution in [0.4, 0.5) is 0 Å². The fourth-order valence-corrected chi connectivity index (χ4v) is 2.18. The topological polar surface area (TPSA) is 23.8 Å². The standard InChI is InChI=1S/C14H15N/c15-11-4-3-7-13-9-5-8-12-6-1-2-10-14(12)13/h1-2,6-7,10H,3-5,8-9H2. The van der Waals surface area contributed by atoms with Crippen LogP contribution in [0.5, 0.6) is 0 Å². The van der Waals surface area contributed by atoms with Crippen molar-refractivity contribution in [2.75, 3.05) is 0 Å². The van der Waals surface area contributed by atoms with Gasteiger partial charge >= 0.3 is 0 Å². The lowest BCUT2D eigenvalue weighted by Crippen LogP contribution is -2.01. The third-order valence-electron chi connectivity index (χ3n) is 2.90. The second-order valence-electron chi connectivity index (χ2n) is 3.94. The molecule has 0 aromatic heterocycles. The highest BCUT2D eigenvalue weighted by Gasteiger charge is 2.12. The Balaban J connectivity index is 2.22. The van der Waals surface area contributed by atoms with Gasteiger partial charge in [-0.1, -0.05) is 30.3 Å². The molecular weight excluding hydrogens is 182 g/mol. The van der Waals surface area contributed by atoms with Crippen molar-refractivity contribution in [3.63, 3.8) is 0 Å². The Labute approximate surface area is 91.0 Å². The maximum absolute atomic E-state index is 8.51. The summed E-state index contributed by atoms with van der Waals surface area (Å²) in [6, 6.07) is 10.8. The molecule has 1 aromatic carbocycles. The van der Waals surface area contributed by atoms with Gasteiger partial charge in [-0.25, -0.2) is 0 Å². The SMILES string of the molecule is N#CCCC=C1CCCc2ccccc21. The molecule has 0 heterocycles. The van der Waals surface area contributed by atoms with Gasteiger partial charge in [0.2, 0.25) is 0 Å². The predicted molar refractivity (Wildman–Crippen MR) is 62.2 cm³/mol. The first-order valence-electron chi connectivity index (χ1n) is 5.56. The van der Waals surface area contributed by atoms with E-state index in [1.165, 1.54) is 36.0 Å². The molecule has 0 aliphatic heterocycles. The first-order valence-corrected chi connectivity index (χ1v) is 5.56. The fraction of sp³-hybridized carbons (Fsp3) is 0.357. The third kappa shape index (κ3) is 2.27. The molecule has 0 atom stereocenters. The quantitative estimate of drug-likeness (QED) is 0.663. The molecule has 1 aromatic rings. The molecule has 76 valence electrons. The van der Waals surface area contributed by atoms with Gasteiger partial charge in [-0.2, -0.15) is 5.26 Å². The summed E-state index contributed by atoms with van der Waals surface area (Å²) in [5.74, 6) is 0. The van der Waals surface area contributed by atoms with Crippen LogP contribution < -0.4 is 0 Å². The van der Waals surface area contributed by atoms with Gasteiger partial charge in [0.15, 0.2) is 0 Å². The van der Waals surface area contributed by atoms with Crippen LogP contribution in [0.1, 0.15) is 36.8 Å². The van der Waals surface area contributed by atoms with E-state index in [2.05, 4.69) is 36.4 Å². The molecule has 1 aliphatic rings. The third-order valence-corrected chi connectivity index (χ3v) is 2.90. The van der Waals surface area contributed by atoms with Crippen molar-refractivity contribution in [3.8, 4) is 6.07 Å². The van der Waals surface area contributed by atoms with Gasteiger partial charge in [0.25, 0.3) is 0 Å². The molecule has 0 spiro atoms. The first kappa shape index (κ1) is 9.98. The molecule has 0 saturated carbocycles. The Morgan fingerprint density at radius 2 is 2.13 bits per heavy atom. The lowest BCUT2D eigenvalue weighted by molar-refractivity contribution is 0.818. The van der Waals surface area contributed by atoms with Crippen LogP contribution in [0.2, 0.25) is 0 Å². The monoisotopic (exact) mass is 197 g/mol. The summed E-state index contributed by atoms with van der Waals surface area (Å²) in [5, 5.41) is 8.51. The summed E-state index contributed by atoms with van der Waals surface area (Å²) in [5.41, 5.74) is 4.31. The van der Waals surface area contributed by atoms with Crippen LogP contribution in [-0.2, 0) is 6.42 Å². The minimum atomic E-state index is 0.631. The molecule has 0 saturated heterocycles. The number of allylic oxidation sites excluding steroid dienone is 2. The lowest BCUT2D eigenvalue weighted by Gasteiger charge is -2.18. The highest BCUT2D eigenvalue weighted by Crippen LogP contribution is 2.30. The van der Waals surface area contributed by atoms with Gasteiger partial charge in [0.05, 0.1) is 6.07 Å². The summed E-state index contributed by atoms with van der Waals surface area (Å²) in [4.78, 5) is 0. The zero-order valence-electron chi connectivity index (χ0n) is 8.87. The molecule has 1 nitrogen and oxygen atoms in total. The number of nitriles is 1. The molecule has 0 fully saturated rings. The molecule has 1 heteroatoms. The molecule has 0 radical (unpaired) electrons. The number of hydrogen-bond donors (Lipinski definition) is 0. The lowest BCUT2D eigenvalue weighted by atomic mass is 9.87.